The fourth-order valence-electron chi connectivity index (χ4n) is 5.14. The number of nitrogen functional groups attached to an aromatic ring is 1. The zero-order valence-electron chi connectivity index (χ0n) is 21.0. The molecule has 194 valence electrons. The Labute approximate surface area is 214 Å². The maximum atomic E-state index is 12.9. The molecule has 11 heteroatoms. The molecule has 11 nitrogen and oxygen atoms in total. The number of nitrogens with zero attached hydrogens (tertiary/aromatic N) is 3. The third kappa shape index (κ3) is 5.02. The van der Waals surface area contributed by atoms with Crippen molar-refractivity contribution in [3.8, 4) is 5.75 Å². The number of nitrogens with one attached hydrogen (secondary N) is 3. The van der Waals surface area contributed by atoms with Gasteiger partial charge >= 0.3 is 6.03 Å². The van der Waals surface area contributed by atoms with E-state index in [2.05, 4.69) is 20.6 Å². The molecule has 0 atom stereocenters. The molecule has 1 aromatic heterocycles. The van der Waals surface area contributed by atoms with Gasteiger partial charge in [-0.15, -0.1) is 0 Å². The highest BCUT2D eigenvalue weighted by atomic mass is 16.5. The standard InChI is InChI=1S/C26H31N7O4/c1-15-11-17(13-21-23(15)31-25(27)29-21)24(35)28-14-22(34)32-8-6-18(7-9-32)33-10-5-16-12-19(37-2)3-4-20(16)30-26(33)36/h3-4,11-13,18H,5-10,14H2,1-2H3,(H,28,35)(H,30,36)(H3,27,29,31). The lowest BCUT2D eigenvalue weighted by Crippen LogP contribution is -2.51. The summed E-state index contributed by atoms with van der Waals surface area (Å²) < 4.78 is 5.31. The van der Waals surface area contributed by atoms with Crippen LogP contribution >= 0.6 is 0 Å². The molecule has 0 bridgehead atoms. The zero-order chi connectivity index (χ0) is 26.1. The number of anilines is 2. The topological polar surface area (TPSA) is 146 Å². The number of likely N-dealkylation sites (tertiary alicyclic amines) is 1. The molecule has 1 saturated heterocycles. The van der Waals surface area contributed by atoms with Gasteiger partial charge in [0.05, 0.1) is 24.7 Å². The van der Waals surface area contributed by atoms with E-state index in [4.69, 9.17) is 10.5 Å². The summed E-state index contributed by atoms with van der Waals surface area (Å²) in [5.74, 6) is 0.577. The normalized spacial score (nSPS) is 16.2. The maximum Gasteiger partial charge on any atom is 0.322 e. The van der Waals surface area contributed by atoms with Crippen LogP contribution < -0.4 is 21.1 Å². The summed E-state index contributed by atoms with van der Waals surface area (Å²) in [6, 6.07) is 9.00. The number of hydrogen-bond donors (Lipinski definition) is 4. The number of amides is 4. The lowest BCUT2D eigenvalue weighted by atomic mass is 10.0. The number of aryl methyl sites for hydroxylation is 1. The molecule has 0 saturated carbocycles. The van der Waals surface area contributed by atoms with Crippen LogP contribution in [0.25, 0.3) is 11.0 Å². The smallest absolute Gasteiger partial charge is 0.322 e. The Morgan fingerprint density at radius 3 is 2.73 bits per heavy atom. The molecule has 1 fully saturated rings. The number of nitrogens with two attached hydrogens (primary N) is 1. The molecule has 2 aliphatic rings. The summed E-state index contributed by atoms with van der Waals surface area (Å²) in [7, 11) is 1.63. The molecule has 0 unspecified atom stereocenters. The van der Waals surface area contributed by atoms with Gasteiger partial charge in [-0.25, -0.2) is 9.78 Å². The van der Waals surface area contributed by atoms with Crippen LogP contribution in [0.2, 0.25) is 0 Å². The molecular formula is C26H31N7O4. The van der Waals surface area contributed by atoms with Gasteiger partial charge in [0.15, 0.2) is 5.95 Å². The SMILES string of the molecule is COc1ccc2c(c1)CCN(C1CCN(C(=O)CNC(=O)c3cc(C)c4nc(N)[nH]c4c3)CC1)C(=O)N2. The second-order valence-corrected chi connectivity index (χ2v) is 9.50. The Balaban J connectivity index is 1.13. The van der Waals surface area contributed by atoms with Crippen molar-refractivity contribution in [1.29, 1.82) is 0 Å². The van der Waals surface area contributed by atoms with Crippen molar-refractivity contribution < 1.29 is 19.1 Å². The Kier molecular flexibility index (Phi) is 6.60. The van der Waals surface area contributed by atoms with E-state index in [0.717, 1.165) is 34.5 Å². The number of carbonyl (C=O) groups is 3. The van der Waals surface area contributed by atoms with Crippen molar-refractivity contribution >= 4 is 40.5 Å². The summed E-state index contributed by atoms with van der Waals surface area (Å²) >= 11 is 0. The molecule has 0 spiro atoms. The highest BCUT2D eigenvalue weighted by Gasteiger charge is 2.31. The minimum absolute atomic E-state index is 0.0476. The molecule has 3 aromatic rings. The van der Waals surface area contributed by atoms with Crippen molar-refractivity contribution in [1.82, 2.24) is 25.1 Å². The number of urea groups is 1. The zero-order valence-corrected chi connectivity index (χ0v) is 21.0. The summed E-state index contributed by atoms with van der Waals surface area (Å²) in [6.07, 6.45) is 2.10. The Hall–Kier alpha value is -4.28. The number of aromatic nitrogens is 2. The first-order valence-electron chi connectivity index (χ1n) is 12.4. The fourth-order valence-corrected chi connectivity index (χ4v) is 5.14. The van der Waals surface area contributed by atoms with Crippen molar-refractivity contribution in [2.24, 2.45) is 0 Å². The van der Waals surface area contributed by atoms with Crippen molar-refractivity contribution in [2.75, 3.05) is 44.3 Å². The van der Waals surface area contributed by atoms with E-state index >= 15 is 0 Å². The van der Waals surface area contributed by atoms with Crippen LogP contribution in [-0.2, 0) is 11.2 Å². The van der Waals surface area contributed by atoms with E-state index < -0.39 is 0 Å². The first kappa shape index (κ1) is 24.4. The first-order valence-corrected chi connectivity index (χ1v) is 12.4. The highest BCUT2D eigenvalue weighted by Crippen LogP contribution is 2.27. The number of piperidine rings is 1. The van der Waals surface area contributed by atoms with E-state index in [1.807, 2.05) is 30.0 Å². The minimum atomic E-state index is -0.334. The van der Waals surface area contributed by atoms with Crippen LogP contribution in [0.5, 0.6) is 5.75 Å². The average Bonchev–Trinajstić information content (AvgIpc) is 3.20. The number of methoxy groups -OCH3 is 1. The predicted octanol–water partition coefficient (Wildman–Crippen LogP) is 2.27. The number of aromatic amines is 1. The number of carbonyl (C=O) groups excluding carboxylic acids is 3. The van der Waals surface area contributed by atoms with Crippen LogP contribution in [0.3, 0.4) is 0 Å². The third-order valence-electron chi connectivity index (χ3n) is 7.15. The Morgan fingerprint density at radius 1 is 1.19 bits per heavy atom. The highest BCUT2D eigenvalue weighted by molar-refractivity contribution is 6.00. The molecule has 3 heterocycles. The molecule has 4 amide bonds. The first-order chi connectivity index (χ1) is 17.8. The van der Waals surface area contributed by atoms with Gasteiger partial charge in [0.1, 0.15) is 5.75 Å². The minimum Gasteiger partial charge on any atom is -0.497 e. The predicted molar refractivity (Wildman–Crippen MR) is 140 cm³/mol. The van der Waals surface area contributed by atoms with Gasteiger partial charge < -0.3 is 35.9 Å². The summed E-state index contributed by atoms with van der Waals surface area (Å²) in [4.78, 5) is 49.2. The quantitative estimate of drug-likeness (QED) is 0.419. The van der Waals surface area contributed by atoms with Crippen LogP contribution in [-0.4, -0.2) is 76.9 Å². The molecule has 5 rings (SSSR count). The number of H-pyrrole nitrogens is 1. The van der Waals surface area contributed by atoms with E-state index in [9.17, 15) is 14.4 Å². The van der Waals surface area contributed by atoms with Gasteiger partial charge in [-0.05, 0) is 67.6 Å². The average molecular weight is 506 g/mol. The lowest BCUT2D eigenvalue weighted by Gasteiger charge is -2.38. The maximum absolute atomic E-state index is 12.9. The van der Waals surface area contributed by atoms with Crippen LogP contribution in [0.4, 0.5) is 16.4 Å². The van der Waals surface area contributed by atoms with E-state index in [-0.39, 0.29) is 36.4 Å². The molecule has 0 aliphatic carbocycles. The van der Waals surface area contributed by atoms with Crippen LogP contribution in [0.15, 0.2) is 30.3 Å². The van der Waals surface area contributed by atoms with Gasteiger partial charge in [-0.1, -0.05) is 0 Å². The van der Waals surface area contributed by atoms with Crippen molar-refractivity contribution in [3.05, 3.63) is 47.0 Å². The number of fused-ring (bicyclic) bond motifs is 2. The molecular weight excluding hydrogens is 474 g/mol. The van der Waals surface area contributed by atoms with Crippen LogP contribution in [0.1, 0.15) is 34.3 Å². The molecule has 5 N–H and O–H groups in total. The molecule has 2 aromatic carbocycles. The van der Waals surface area contributed by atoms with Gasteiger partial charge in [0.25, 0.3) is 5.91 Å². The molecule has 37 heavy (non-hydrogen) atoms. The van der Waals surface area contributed by atoms with E-state index in [0.29, 0.717) is 43.6 Å². The van der Waals surface area contributed by atoms with E-state index in [1.165, 1.54) is 0 Å². The largest absolute Gasteiger partial charge is 0.497 e. The summed E-state index contributed by atoms with van der Waals surface area (Å²) in [5, 5.41) is 5.73. The number of ether oxygens (including phenoxy) is 1. The van der Waals surface area contributed by atoms with E-state index in [1.54, 1.807) is 24.1 Å². The van der Waals surface area contributed by atoms with Crippen molar-refractivity contribution in [2.45, 2.75) is 32.2 Å². The van der Waals surface area contributed by atoms with Gasteiger partial charge in [0.2, 0.25) is 5.91 Å². The second-order valence-electron chi connectivity index (χ2n) is 9.50. The number of rotatable bonds is 5. The summed E-state index contributed by atoms with van der Waals surface area (Å²) in [5.41, 5.74) is 10.2. The molecule has 2 aliphatic heterocycles. The Bertz CT molecular complexity index is 1360. The van der Waals surface area contributed by atoms with Gasteiger partial charge in [-0.3, -0.25) is 9.59 Å². The third-order valence-corrected chi connectivity index (χ3v) is 7.15. The molecule has 0 radical (unpaired) electrons. The van der Waals surface area contributed by atoms with Crippen molar-refractivity contribution in [3.63, 3.8) is 0 Å². The van der Waals surface area contributed by atoms with Crippen LogP contribution in [0, 0.1) is 6.92 Å². The fraction of sp³-hybridized carbons (Fsp3) is 0.385. The van der Waals surface area contributed by atoms with Gasteiger partial charge in [0, 0.05) is 36.9 Å². The summed E-state index contributed by atoms with van der Waals surface area (Å²) in [6.45, 7) is 3.43. The lowest BCUT2D eigenvalue weighted by molar-refractivity contribution is -0.131. The van der Waals surface area contributed by atoms with Gasteiger partial charge in [-0.2, -0.15) is 0 Å². The monoisotopic (exact) mass is 505 g/mol. The number of imidazole rings is 1. The number of benzene rings is 2. The second kappa shape index (κ2) is 10.00. The number of hydrogen-bond acceptors (Lipinski definition) is 6. The Morgan fingerprint density at radius 2 is 1.97 bits per heavy atom.